The molecule has 0 bridgehead atoms. The molecule has 9 nitrogen and oxygen atoms in total. The summed E-state index contributed by atoms with van der Waals surface area (Å²) in [4.78, 5) is 28.1. The quantitative estimate of drug-likeness (QED) is 0.148. The van der Waals surface area contributed by atoms with E-state index in [1.54, 1.807) is 39.3 Å². The van der Waals surface area contributed by atoms with Crippen LogP contribution in [0, 0.1) is 0 Å². The standard InChI is InChI=1S/C13H13ClN2O2.C12H11ClN2O3.CH4/c1-4-18-8(2)12-10-7-9(17-3)5-6-11(10)15-13(14)16-12;1-3-18-11(16)10-8-6-7(17-2)4-5-9(8)14-12(13)15-10;/h5-7H,2,4H2,1,3H3;4-6H,3H2,1-2H3;1H4. The lowest BCUT2D eigenvalue weighted by molar-refractivity contribution is 0.0522. The van der Waals surface area contributed by atoms with Crippen LogP contribution in [-0.2, 0) is 9.47 Å². The summed E-state index contributed by atoms with van der Waals surface area (Å²) in [6.07, 6.45) is 0. The van der Waals surface area contributed by atoms with E-state index in [0.29, 0.717) is 34.7 Å². The highest BCUT2D eigenvalue weighted by atomic mass is 35.5. The molecule has 0 saturated carbocycles. The monoisotopic (exact) mass is 546 g/mol. The lowest BCUT2D eigenvalue weighted by atomic mass is 10.1. The molecule has 0 radical (unpaired) electrons. The van der Waals surface area contributed by atoms with Crippen molar-refractivity contribution in [2.45, 2.75) is 21.3 Å². The first-order chi connectivity index (χ1) is 17.3. The first kappa shape index (κ1) is 29.5. The van der Waals surface area contributed by atoms with Gasteiger partial charge in [0.15, 0.2) is 5.69 Å². The van der Waals surface area contributed by atoms with Crippen molar-refractivity contribution in [1.29, 1.82) is 0 Å². The number of rotatable bonds is 7. The van der Waals surface area contributed by atoms with E-state index in [1.807, 2.05) is 25.1 Å². The van der Waals surface area contributed by atoms with Gasteiger partial charge in [0.05, 0.1) is 38.5 Å². The van der Waals surface area contributed by atoms with Crippen molar-refractivity contribution in [2.75, 3.05) is 27.4 Å². The van der Waals surface area contributed by atoms with Gasteiger partial charge < -0.3 is 18.9 Å². The SMILES string of the molecule is C.C=C(OCC)c1nc(Cl)nc2ccc(OC)cc12.CCOC(=O)c1nc(Cl)nc2ccc(OC)cc12. The molecule has 2 aromatic heterocycles. The molecule has 4 rings (SSSR count). The fourth-order valence-corrected chi connectivity index (χ4v) is 3.57. The maximum atomic E-state index is 11.8. The van der Waals surface area contributed by atoms with E-state index in [0.717, 1.165) is 16.7 Å². The number of benzene rings is 2. The van der Waals surface area contributed by atoms with E-state index in [2.05, 4.69) is 26.5 Å². The minimum atomic E-state index is -0.528. The number of ether oxygens (including phenoxy) is 4. The zero-order chi connectivity index (χ0) is 26.2. The molecule has 37 heavy (non-hydrogen) atoms. The number of hydrogen-bond acceptors (Lipinski definition) is 9. The van der Waals surface area contributed by atoms with Gasteiger partial charge in [-0.2, -0.15) is 0 Å². The number of methoxy groups -OCH3 is 2. The second-order valence-corrected chi connectivity index (χ2v) is 7.70. The molecule has 0 aliphatic carbocycles. The molecule has 0 amide bonds. The number of nitrogens with zero attached hydrogens (tertiary/aromatic N) is 4. The van der Waals surface area contributed by atoms with Gasteiger partial charge in [0.2, 0.25) is 10.6 Å². The van der Waals surface area contributed by atoms with Crippen LogP contribution >= 0.6 is 23.2 Å². The van der Waals surface area contributed by atoms with Crippen LogP contribution in [0.4, 0.5) is 0 Å². The van der Waals surface area contributed by atoms with E-state index in [9.17, 15) is 4.79 Å². The van der Waals surface area contributed by atoms with Crippen LogP contribution < -0.4 is 9.47 Å². The summed E-state index contributed by atoms with van der Waals surface area (Å²) in [6.45, 7) is 8.25. The highest BCUT2D eigenvalue weighted by Gasteiger charge is 2.16. The Kier molecular flexibility index (Phi) is 10.8. The Hall–Kier alpha value is -3.69. The summed E-state index contributed by atoms with van der Waals surface area (Å²) in [5.74, 6) is 1.28. The Morgan fingerprint density at radius 2 is 1.24 bits per heavy atom. The van der Waals surface area contributed by atoms with E-state index < -0.39 is 5.97 Å². The minimum absolute atomic E-state index is 0. The third kappa shape index (κ3) is 7.18. The number of aromatic nitrogens is 4. The normalized spacial score (nSPS) is 10.1. The van der Waals surface area contributed by atoms with Crippen LogP contribution in [-0.4, -0.2) is 53.3 Å². The first-order valence-corrected chi connectivity index (χ1v) is 11.6. The predicted molar refractivity (Wildman–Crippen MR) is 146 cm³/mol. The molecule has 196 valence electrons. The maximum absolute atomic E-state index is 11.8. The molecule has 0 saturated heterocycles. The smallest absolute Gasteiger partial charge is 0.357 e. The molecule has 0 N–H and O–H groups in total. The van der Waals surface area contributed by atoms with Gasteiger partial charge in [0, 0.05) is 10.8 Å². The van der Waals surface area contributed by atoms with E-state index in [4.69, 9.17) is 42.1 Å². The molecule has 0 aliphatic heterocycles. The Labute approximate surface area is 225 Å². The molecule has 4 aromatic rings. The zero-order valence-electron chi connectivity index (χ0n) is 20.2. The van der Waals surface area contributed by atoms with Crippen LogP contribution in [0.15, 0.2) is 43.0 Å². The lowest BCUT2D eigenvalue weighted by Gasteiger charge is -2.10. The molecular weight excluding hydrogens is 519 g/mol. The van der Waals surface area contributed by atoms with Gasteiger partial charge in [-0.05, 0) is 73.4 Å². The Morgan fingerprint density at radius 3 is 1.70 bits per heavy atom. The van der Waals surface area contributed by atoms with Gasteiger partial charge in [0.25, 0.3) is 0 Å². The fourth-order valence-electron chi connectivity index (χ4n) is 3.22. The fraction of sp³-hybridized carbons (Fsp3) is 0.269. The van der Waals surface area contributed by atoms with E-state index in [1.165, 1.54) is 0 Å². The van der Waals surface area contributed by atoms with Crippen molar-refractivity contribution in [2.24, 2.45) is 0 Å². The first-order valence-electron chi connectivity index (χ1n) is 10.8. The maximum Gasteiger partial charge on any atom is 0.357 e. The Bertz CT molecular complexity index is 1310. The van der Waals surface area contributed by atoms with Crippen LogP contribution in [0.2, 0.25) is 10.6 Å². The average molecular weight is 547 g/mol. The van der Waals surface area contributed by atoms with Crippen molar-refractivity contribution >= 4 is 56.7 Å². The summed E-state index contributed by atoms with van der Waals surface area (Å²) >= 11 is 11.7. The summed E-state index contributed by atoms with van der Waals surface area (Å²) in [5.41, 5.74) is 2.03. The molecule has 0 atom stereocenters. The number of carbonyl (C=O) groups is 1. The van der Waals surface area contributed by atoms with Gasteiger partial charge in [-0.15, -0.1) is 0 Å². The van der Waals surface area contributed by atoms with Crippen LogP contribution in [0.25, 0.3) is 27.6 Å². The molecule has 0 fully saturated rings. The molecule has 2 heterocycles. The van der Waals surface area contributed by atoms with Gasteiger partial charge >= 0.3 is 5.97 Å². The van der Waals surface area contributed by atoms with Crippen molar-refractivity contribution in [3.8, 4) is 11.5 Å². The van der Waals surface area contributed by atoms with Crippen molar-refractivity contribution in [3.63, 3.8) is 0 Å². The van der Waals surface area contributed by atoms with Crippen LogP contribution in [0.3, 0.4) is 0 Å². The summed E-state index contributed by atoms with van der Waals surface area (Å²) < 4.78 is 20.6. The molecule has 0 aliphatic rings. The van der Waals surface area contributed by atoms with Gasteiger partial charge in [-0.3, -0.25) is 0 Å². The largest absolute Gasteiger partial charge is 0.497 e. The van der Waals surface area contributed by atoms with E-state index in [-0.39, 0.29) is 30.3 Å². The number of esters is 1. The van der Waals surface area contributed by atoms with Crippen molar-refractivity contribution < 1.29 is 23.7 Å². The number of fused-ring (bicyclic) bond motifs is 2. The van der Waals surface area contributed by atoms with Gasteiger partial charge in [-0.1, -0.05) is 14.0 Å². The number of carbonyl (C=O) groups excluding carboxylic acids is 1. The van der Waals surface area contributed by atoms with Gasteiger partial charge in [0.1, 0.15) is 23.0 Å². The summed E-state index contributed by atoms with van der Waals surface area (Å²) in [6, 6.07) is 10.6. The molecule has 11 heteroatoms. The van der Waals surface area contributed by atoms with Crippen LogP contribution in [0.1, 0.15) is 37.5 Å². The Morgan fingerprint density at radius 1 is 0.784 bits per heavy atom. The third-order valence-corrected chi connectivity index (χ3v) is 5.14. The second-order valence-electron chi connectivity index (χ2n) is 7.03. The summed E-state index contributed by atoms with van der Waals surface area (Å²) in [7, 11) is 3.15. The topological polar surface area (TPSA) is 106 Å². The molecular formula is C26H28Cl2N4O5. The van der Waals surface area contributed by atoms with E-state index >= 15 is 0 Å². The minimum Gasteiger partial charge on any atom is -0.497 e. The predicted octanol–water partition coefficient (Wildman–Crippen LogP) is 6.40. The third-order valence-electron chi connectivity index (χ3n) is 4.80. The molecule has 0 unspecified atom stereocenters. The van der Waals surface area contributed by atoms with Crippen LogP contribution in [0.5, 0.6) is 11.5 Å². The summed E-state index contributed by atoms with van der Waals surface area (Å²) in [5, 5.41) is 1.54. The zero-order valence-corrected chi connectivity index (χ0v) is 21.7. The van der Waals surface area contributed by atoms with Crippen molar-refractivity contribution in [3.05, 3.63) is 64.9 Å². The molecule has 2 aromatic carbocycles. The lowest BCUT2D eigenvalue weighted by Crippen LogP contribution is -2.09. The number of hydrogen-bond donors (Lipinski definition) is 0. The average Bonchev–Trinajstić information content (AvgIpc) is 2.87. The highest BCUT2D eigenvalue weighted by Crippen LogP contribution is 2.27. The van der Waals surface area contributed by atoms with Gasteiger partial charge in [-0.25, -0.2) is 24.7 Å². The highest BCUT2D eigenvalue weighted by molar-refractivity contribution is 6.29. The second kappa shape index (κ2) is 13.6. The number of halogens is 2. The molecule has 0 spiro atoms. The van der Waals surface area contributed by atoms with Crippen molar-refractivity contribution in [1.82, 2.24) is 19.9 Å². The Balaban J connectivity index is 0.000000253.